The van der Waals surface area contributed by atoms with Crippen LogP contribution >= 0.6 is 0 Å². The lowest BCUT2D eigenvalue weighted by molar-refractivity contribution is 0.0936. The molecule has 1 aliphatic heterocycles. The van der Waals surface area contributed by atoms with Gasteiger partial charge in [0.1, 0.15) is 17.8 Å². The first-order valence-corrected chi connectivity index (χ1v) is 9.81. The van der Waals surface area contributed by atoms with Gasteiger partial charge < -0.3 is 10.6 Å². The number of nitrogens with one attached hydrogen (secondary N) is 2. The predicted molar refractivity (Wildman–Crippen MR) is 95.8 cm³/mol. The van der Waals surface area contributed by atoms with E-state index in [4.69, 9.17) is 0 Å². The van der Waals surface area contributed by atoms with Gasteiger partial charge >= 0.3 is 0 Å². The monoisotopic (exact) mass is 360 g/mol. The van der Waals surface area contributed by atoms with Crippen molar-refractivity contribution in [1.82, 2.24) is 15.3 Å². The summed E-state index contributed by atoms with van der Waals surface area (Å²) >= 11 is 0. The zero-order chi connectivity index (χ0) is 18.0. The molecule has 2 N–H and O–H groups in total. The maximum absolute atomic E-state index is 12.3. The average Bonchev–Trinajstić information content (AvgIpc) is 2.85. The van der Waals surface area contributed by atoms with E-state index in [1.165, 1.54) is 6.33 Å². The quantitative estimate of drug-likeness (QED) is 0.861. The molecule has 1 aliphatic rings. The van der Waals surface area contributed by atoms with E-state index in [1.807, 2.05) is 26.0 Å². The second-order valence-corrected chi connectivity index (χ2v) is 8.59. The minimum Gasteiger partial charge on any atom is -0.347 e. The Morgan fingerprint density at radius 1 is 1.12 bits per heavy atom. The number of benzene rings is 1. The number of carbonyl (C=O) groups excluding carboxylic acids is 1. The van der Waals surface area contributed by atoms with Gasteiger partial charge in [-0.2, -0.15) is 0 Å². The van der Waals surface area contributed by atoms with Gasteiger partial charge in [-0.15, -0.1) is 0 Å². The first kappa shape index (κ1) is 17.3. The first-order valence-electron chi connectivity index (χ1n) is 7.99. The van der Waals surface area contributed by atoms with Crippen molar-refractivity contribution < 1.29 is 13.2 Å². The number of sulfone groups is 1. The van der Waals surface area contributed by atoms with E-state index in [-0.39, 0.29) is 23.2 Å². The Hall–Kier alpha value is -2.48. The highest BCUT2D eigenvalue weighted by Crippen LogP contribution is 2.18. The van der Waals surface area contributed by atoms with Gasteiger partial charge in [0.2, 0.25) is 0 Å². The number of rotatable bonds is 4. The van der Waals surface area contributed by atoms with Crippen LogP contribution in [0.15, 0.2) is 30.6 Å². The Morgan fingerprint density at radius 2 is 1.84 bits per heavy atom. The van der Waals surface area contributed by atoms with Crippen molar-refractivity contribution >= 4 is 27.2 Å². The molecule has 3 rings (SSSR count). The zero-order valence-corrected chi connectivity index (χ0v) is 14.9. The van der Waals surface area contributed by atoms with E-state index in [0.29, 0.717) is 12.2 Å². The van der Waals surface area contributed by atoms with E-state index in [0.717, 1.165) is 16.8 Å². The van der Waals surface area contributed by atoms with Gasteiger partial charge in [-0.3, -0.25) is 4.79 Å². The topological polar surface area (TPSA) is 101 Å². The lowest BCUT2D eigenvalue weighted by atomic mass is 10.1. The van der Waals surface area contributed by atoms with Crippen LogP contribution in [0.25, 0.3) is 0 Å². The molecule has 0 bridgehead atoms. The molecule has 132 valence electrons. The Balaban J connectivity index is 1.71. The minimum absolute atomic E-state index is 0.0164. The third-order valence-corrected chi connectivity index (χ3v) is 5.73. The SMILES string of the molecule is Cc1cc(C)cc(Nc2cc(C(=O)NC3CCS(=O)(=O)C3)ncn2)c1. The van der Waals surface area contributed by atoms with Crippen molar-refractivity contribution in [1.29, 1.82) is 0 Å². The molecular weight excluding hydrogens is 340 g/mol. The van der Waals surface area contributed by atoms with Gasteiger partial charge in [0.05, 0.1) is 11.5 Å². The van der Waals surface area contributed by atoms with Crippen molar-refractivity contribution in [3.63, 3.8) is 0 Å². The molecule has 0 radical (unpaired) electrons. The van der Waals surface area contributed by atoms with E-state index in [1.54, 1.807) is 6.07 Å². The van der Waals surface area contributed by atoms with Gasteiger partial charge in [-0.25, -0.2) is 18.4 Å². The van der Waals surface area contributed by atoms with Crippen LogP contribution in [0.2, 0.25) is 0 Å². The van der Waals surface area contributed by atoms with Gasteiger partial charge in [-0.05, 0) is 43.5 Å². The van der Waals surface area contributed by atoms with Crippen LogP contribution in [-0.2, 0) is 9.84 Å². The molecule has 1 fully saturated rings. The number of hydrogen-bond acceptors (Lipinski definition) is 6. The lowest BCUT2D eigenvalue weighted by Gasteiger charge is -2.11. The van der Waals surface area contributed by atoms with Crippen LogP contribution in [0.4, 0.5) is 11.5 Å². The van der Waals surface area contributed by atoms with Gasteiger partial charge in [0, 0.05) is 17.8 Å². The molecule has 1 aromatic carbocycles. The highest BCUT2D eigenvalue weighted by molar-refractivity contribution is 7.91. The summed E-state index contributed by atoms with van der Waals surface area (Å²) in [6, 6.07) is 7.23. The van der Waals surface area contributed by atoms with E-state index >= 15 is 0 Å². The molecular formula is C17H20N4O3S. The number of carbonyl (C=O) groups is 1. The second-order valence-electron chi connectivity index (χ2n) is 6.36. The largest absolute Gasteiger partial charge is 0.347 e. The third kappa shape index (κ3) is 4.54. The van der Waals surface area contributed by atoms with Crippen LogP contribution in [0.1, 0.15) is 28.0 Å². The van der Waals surface area contributed by atoms with Crippen molar-refractivity contribution in [2.75, 3.05) is 16.8 Å². The molecule has 7 nitrogen and oxygen atoms in total. The molecule has 1 atom stereocenters. The predicted octanol–water partition coefficient (Wildman–Crippen LogP) is 1.75. The van der Waals surface area contributed by atoms with Crippen molar-refractivity contribution in [3.05, 3.63) is 47.4 Å². The zero-order valence-electron chi connectivity index (χ0n) is 14.1. The molecule has 25 heavy (non-hydrogen) atoms. The van der Waals surface area contributed by atoms with Crippen LogP contribution in [-0.4, -0.2) is 41.8 Å². The number of hydrogen-bond donors (Lipinski definition) is 2. The van der Waals surface area contributed by atoms with Gasteiger partial charge in [0.25, 0.3) is 5.91 Å². The summed E-state index contributed by atoms with van der Waals surface area (Å²) in [6.07, 6.45) is 1.75. The molecule has 1 aromatic heterocycles. The van der Waals surface area contributed by atoms with Crippen molar-refractivity contribution in [2.45, 2.75) is 26.3 Å². The van der Waals surface area contributed by atoms with Gasteiger partial charge in [-0.1, -0.05) is 6.07 Å². The van der Waals surface area contributed by atoms with E-state index < -0.39 is 15.7 Å². The Labute approximate surface area is 146 Å². The molecule has 2 heterocycles. The highest BCUT2D eigenvalue weighted by Gasteiger charge is 2.29. The fourth-order valence-electron chi connectivity index (χ4n) is 2.91. The summed E-state index contributed by atoms with van der Waals surface area (Å²) in [5.74, 6) is 0.204. The standard InChI is InChI=1S/C17H20N4O3S/c1-11-5-12(2)7-14(6-11)20-16-8-15(18-10-19-16)17(22)21-13-3-4-25(23,24)9-13/h5-8,10,13H,3-4,9H2,1-2H3,(H,21,22)(H,18,19,20). The van der Waals surface area contributed by atoms with Crippen LogP contribution < -0.4 is 10.6 Å². The van der Waals surface area contributed by atoms with Crippen LogP contribution in [0.3, 0.4) is 0 Å². The Kier molecular flexibility index (Phi) is 4.71. The fraction of sp³-hybridized carbons (Fsp3) is 0.353. The summed E-state index contributed by atoms with van der Waals surface area (Å²) in [4.78, 5) is 20.4. The average molecular weight is 360 g/mol. The fourth-order valence-corrected chi connectivity index (χ4v) is 4.59. The molecule has 0 aliphatic carbocycles. The van der Waals surface area contributed by atoms with Gasteiger partial charge in [0.15, 0.2) is 9.84 Å². The van der Waals surface area contributed by atoms with Crippen LogP contribution in [0, 0.1) is 13.8 Å². The number of anilines is 2. The number of nitrogens with zero attached hydrogens (tertiary/aromatic N) is 2. The van der Waals surface area contributed by atoms with Crippen molar-refractivity contribution in [2.24, 2.45) is 0 Å². The van der Waals surface area contributed by atoms with Crippen LogP contribution in [0.5, 0.6) is 0 Å². The molecule has 0 saturated carbocycles. The smallest absolute Gasteiger partial charge is 0.270 e. The lowest BCUT2D eigenvalue weighted by Crippen LogP contribution is -2.36. The molecule has 2 aromatic rings. The summed E-state index contributed by atoms with van der Waals surface area (Å²) in [5.41, 5.74) is 3.32. The number of amides is 1. The van der Waals surface area contributed by atoms with E-state index in [9.17, 15) is 13.2 Å². The molecule has 1 saturated heterocycles. The molecule has 1 unspecified atom stereocenters. The molecule has 8 heteroatoms. The summed E-state index contributed by atoms with van der Waals surface area (Å²) in [6.45, 7) is 4.01. The van der Waals surface area contributed by atoms with Crippen molar-refractivity contribution in [3.8, 4) is 0 Å². The summed E-state index contributed by atoms with van der Waals surface area (Å²) < 4.78 is 23.0. The summed E-state index contributed by atoms with van der Waals surface area (Å²) in [5, 5.41) is 5.88. The molecule has 0 spiro atoms. The Morgan fingerprint density at radius 3 is 2.48 bits per heavy atom. The number of aryl methyl sites for hydroxylation is 2. The minimum atomic E-state index is -3.04. The number of aromatic nitrogens is 2. The first-order chi connectivity index (χ1) is 11.8. The maximum atomic E-state index is 12.3. The summed E-state index contributed by atoms with van der Waals surface area (Å²) in [7, 11) is -3.04. The third-order valence-electron chi connectivity index (χ3n) is 3.96. The Bertz CT molecular complexity index is 892. The maximum Gasteiger partial charge on any atom is 0.270 e. The normalized spacial score (nSPS) is 18.7. The second kappa shape index (κ2) is 6.79. The highest BCUT2D eigenvalue weighted by atomic mass is 32.2. The van der Waals surface area contributed by atoms with E-state index in [2.05, 4.69) is 26.7 Å². The molecule has 1 amide bonds.